The number of ether oxygens (including phenoxy) is 1. The summed E-state index contributed by atoms with van der Waals surface area (Å²) in [6.07, 6.45) is 0.350. The number of nitrogens with one attached hydrogen (secondary N) is 1. The smallest absolute Gasteiger partial charge is 0.307 e. The van der Waals surface area contributed by atoms with Crippen LogP contribution in [0.2, 0.25) is 0 Å². The minimum Gasteiger partial charge on any atom is -0.492 e. The number of carboxylic acid groups (broad SMARTS) is 1. The quantitative estimate of drug-likeness (QED) is 0.827. The van der Waals surface area contributed by atoms with Gasteiger partial charge in [0, 0.05) is 19.7 Å². The largest absolute Gasteiger partial charge is 0.492 e. The lowest BCUT2D eigenvalue weighted by molar-refractivity contribution is -0.139. The molecule has 0 aromatic heterocycles. The third-order valence-electron chi connectivity index (χ3n) is 3.64. The molecule has 1 aliphatic rings. The predicted molar refractivity (Wildman–Crippen MR) is 83.5 cm³/mol. The third-order valence-corrected chi connectivity index (χ3v) is 3.64. The van der Waals surface area contributed by atoms with Crippen LogP contribution >= 0.6 is 0 Å². The van der Waals surface area contributed by atoms with Crippen molar-refractivity contribution in [3.05, 3.63) is 23.8 Å². The van der Waals surface area contributed by atoms with Gasteiger partial charge >= 0.3 is 5.97 Å². The topological polar surface area (TPSA) is 95.9 Å². The molecule has 0 spiro atoms. The number of benzene rings is 1. The molecule has 1 saturated carbocycles. The van der Waals surface area contributed by atoms with Crippen molar-refractivity contribution >= 4 is 23.5 Å². The number of rotatable bonds is 6. The fraction of sp³-hybridized carbons (Fsp3) is 0.438. The predicted octanol–water partition coefficient (Wildman–Crippen LogP) is 1.45. The summed E-state index contributed by atoms with van der Waals surface area (Å²) in [6.45, 7) is 2.18. The first-order valence-corrected chi connectivity index (χ1v) is 7.37. The first-order valence-electron chi connectivity index (χ1n) is 7.37. The van der Waals surface area contributed by atoms with E-state index >= 15 is 0 Å². The maximum atomic E-state index is 12.1. The van der Waals surface area contributed by atoms with Crippen LogP contribution in [0, 0.1) is 11.8 Å². The van der Waals surface area contributed by atoms with Gasteiger partial charge in [-0.1, -0.05) is 0 Å². The maximum absolute atomic E-state index is 12.1. The number of carbonyl (C=O) groups excluding carboxylic acids is 2. The van der Waals surface area contributed by atoms with Crippen LogP contribution in [0.25, 0.3) is 0 Å². The van der Waals surface area contributed by atoms with Crippen molar-refractivity contribution in [1.29, 1.82) is 0 Å². The normalized spacial score (nSPS) is 18.9. The van der Waals surface area contributed by atoms with E-state index in [9.17, 15) is 14.4 Å². The van der Waals surface area contributed by atoms with Crippen molar-refractivity contribution in [2.24, 2.45) is 11.8 Å². The Hall–Kier alpha value is -2.57. The highest BCUT2D eigenvalue weighted by molar-refractivity contribution is 6.00. The summed E-state index contributed by atoms with van der Waals surface area (Å²) < 4.78 is 5.48. The fourth-order valence-corrected chi connectivity index (χ4v) is 2.27. The highest BCUT2D eigenvalue weighted by Gasteiger charge is 2.48. The molecule has 0 aliphatic heterocycles. The van der Waals surface area contributed by atoms with E-state index in [0.717, 1.165) is 0 Å². The van der Waals surface area contributed by atoms with E-state index in [2.05, 4.69) is 5.32 Å². The van der Waals surface area contributed by atoms with E-state index in [1.807, 2.05) is 0 Å². The molecule has 2 atom stereocenters. The Balaban J connectivity index is 2.16. The molecule has 7 nitrogen and oxygen atoms in total. The monoisotopic (exact) mass is 320 g/mol. The molecule has 0 bridgehead atoms. The number of carboxylic acids is 1. The minimum absolute atomic E-state index is 0.169. The number of amides is 2. The molecule has 2 N–H and O–H groups in total. The lowest BCUT2D eigenvalue weighted by Crippen LogP contribution is -2.22. The zero-order valence-corrected chi connectivity index (χ0v) is 13.3. The van der Waals surface area contributed by atoms with E-state index < -0.39 is 17.8 Å². The molecule has 2 rings (SSSR count). The van der Waals surface area contributed by atoms with Gasteiger partial charge in [-0.25, -0.2) is 0 Å². The van der Waals surface area contributed by atoms with E-state index in [4.69, 9.17) is 9.84 Å². The second-order valence-corrected chi connectivity index (χ2v) is 5.62. The van der Waals surface area contributed by atoms with E-state index in [1.165, 1.54) is 4.90 Å². The summed E-state index contributed by atoms with van der Waals surface area (Å²) in [4.78, 5) is 36.3. The molecule has 1 aliphatic carbocycles. The van der Waals surface area contributed by atoms with Crippen LogP contribution in [0.1, 0.15) is 23.7 Å². The summed E-state index contributed by atoms with van der Waals surface area (Å²) in [5.41, 5.74) is 0.884. The summed E-state index contributed by atoms with van der Waals surface area (Å²) >= 11 is 0. The van der Waals surface area contributed by atoms with Crippen LogP contribution in [0.4, 0.5) is 5.69 Å². The first kappa shape index (κ1) is 16.8. The SMILES string of the molecule is CCOc1cc(C(=O)N(C)C)ccc1NC(=O)[C@H]1C[C@@H]1C(=O)O. The van der Waals surface area contributed by atoms with Crippen molar-refractivity contribution in [2.45, 2.75) is 13.3 Å². The second-order valence-electron chi connectivity index (χ2n) is 5.62. The molecule has 23 heavy (non-hydrogen) atoms. The van der Waals surface area contributed by atoms with Crippen LogP contribution < -0.4 is 10.1 Å². The Morgan fingerprint density at radius 1 is 1.30 bits per heavy atom. The molecule has 124 valence electrons. The first-order chi connectivity index (χ1) is 10.8. The number of anilines is 1. The van der Waals surface area contributed by atoms with Crippen LogP contribution in [0.15, 0.2) is 18.2 Å². The van der Waals surface area contributed by atoms with Crippen LogP contribution in [0.5, 0.6) is 5.75 Å². The summed E-state index contributed by atoms with van der Waals surface area (Å²) in [6, 6.07) is 4.77. The molecule has 0 radical (unpaired) electrons. The third kappa shape index (κ3) is 3.80. The van der Waals surface area contributed by atoms with Gasteiger partial charge in [-0.05, 0) is 31.5 Å². The van der Waals surface area contributed by atoms with Crippen molar-refractivity contribution < 1.29 is 24.2 Å². The van der Waals surface area contributed by atoms with Crippen molar-refractivity contribution in [3.63, 3.8) is 0 Å². The lowest BCUT2D eigenvalue weighted by atomic mass is 10.1. The van der Waals surface area contributed by atoms with Crippen LogP contribution in [-0.2, 0) is 9.59 Å². The Labute approximate surface area is 134 Å². The van der Waals surface area contributed by atoms with Gasteiger partial charge in [-0.15, -0.1) is 0 Å². The Bertz CT molecular complexity index is 641. The Morgan fingerprint density at radius 3 is 2.52 bits per heavy atom. The highest BCUT2D eigenvalue weighted by Crippen LogP contribution is 2.40. The minimum atomic E-state index is -0.956. The van der Waals surface area contributed by atoms with E-state index in [0.29, 0.717) is 30.0 Å². The number of aliphatic carboxylic acids is 1. The molecular formula is C16H20N2O5. The van der Waals surface area contributed by atoms with Gasteiger partial charge < -0.3 is 20.1 Å². The summed E-state index contributed by atoms with van der Waals surface area (Å²) in [5, 5.41) is 11.6. The number of hydrogen-bond acceptors (Lipinski definition) is 4. The zero-order valence-electron chi connectivity index (χ0n) is 13.3. The average molecular weight is 320 g/mol. The highest BCUT2D eigenvalue weighted by atomic mass is 16.5. The fourth-order valence-electron chi connectivity index (χ4n) is 2.27. The van der Waals surface area contributed by atoms with Gasteiger partial charge in [0.05, 0.1) is 24.1 Å². The summed E-state index contributed by atoms with van der Waals surface area (Å²) in [7, 11) is 3.30. The molecule has 0 saturated heterocycles. The standard InChI is InChI=1S/C16H20N2O5/c1-4-23-13-7-9(15(20)18(2)3)5-6-12(13)17-14(19)10-8-11(10)16(21)22/h5-7,10-11H,4,8H2,1-3H3,(H,17,19)(H,21,22)/t10-,11-/m0/s1. The van der Waals surface area contributed by atoms with Gasteiger partial charge in [0.1, 0.15) is 5.75 Å². The van der Waals surface area contributed by atoms with Crippen molar-refractivity contribution in [3.8, 4) is 5.75 Å². The molecule has 0 heterocycles. The lowest BCUT2D eigenvalue weighted by Gasteiger charge is -2.15. The molecule has 1 aromatic carbocycles. The van der Waals surface area contributed by atoms with Gasteiger partial charge in [-0.3, -0.25) is 14.4 Å². The zero-order chi connectivity index (χ0) is 17.1. The molecule has 2 amide bonds. The van der Waals surface area contributed by atoms with E-state index in [-0.39, 0.29) is 11.8 Å². The molecular weight excluding hydrogens is 300 g/mol. The molecule has 1 fully saturated rings. The number of hydrogen-bond donors (Lipinski definition) is 2. The van der Waals surface area contributed by atoms with E-state index in [1.54, 1.807) is 39.2 Å². The van der Waals surface area contributed by atoms with Gasteiger partial charge in [0.15, 0.2) is 0 Å². The van der Waals surface area contributed by atoms with Crippen LogP contribution in [-0.4, -0.2) is 48.5 Å². The second kappa shape index (κ2) is 6.68. The van der Waals surface area contributed by atoms with Gasteiger partial charge in [0.2, 0.25) is 5.91 Å². The number of carbonyl (C=O) groups is 3. The summed E-state index contributed by atoms with van der Waals surface area (Å²) in [5.74, 6) is -2.20. The molecule has 7 heteroatoms. The van der Waals surface area contributed by atoms with Gasteiger partial charge in [0.25, 0.3) is 5.91 Å². The Morgan fingerprint density at radius 2 is 2.00 bits per heavy atom. The van der Waals surface area contributed by atoms with Crippen molar-refractivity contribution in [1.82, 2.24) is 4.90 Å². The van der Waals surface area contributed by atoms with Gasteiger partial charge in [-0.2, -0.15) is 0 Å². The number of nitrogens with zero attached hydrogens (tertiary/aromatic N) is 1. The average Bonchev–Trinajstić information content (AvgIpc) is 3.29. The van der Waals surface area contributed by atoms with Crippen LogP contribution in [0.3, 0.4) is 0 Å². The molecule has 0 unspecified atom stereocenters. The Kier molecular flexibility index (Phi) is 4.88. The maximum Gasteiger partial charge on any atom is 0.307 e. The molecule has 1 aromatic rings. The van der Waals surface area contributed by atoms with Crippen molar-refractivity contribution in [2.75, 3.05) is 26.0 Å².